The van der Waals surface area contributed by atoms with Crippen molar-refractivity contribution < 1.29 is 4.79 Å². The predicted molar refractivity (Wildman–Crippen MR) is 117 cm³/mol. The SMILES string of the molecule is CN=C(NCC(C)c1c(Cl)cccc1Cl)NCC1CC(=O)Nc2ccccc21. The van der Waals surface area contributed by atoms with Crippen molar-refractivity contribution in [3.8, 4) is 0 Å². The summed E-state index contributed by atoms with van der Waals surface area (Å²) in [5.74, 6) is 0.925. The maximum Gasteiger partial charge on any atom is 0.225 e. The number of hydrogen-bond donors (Lipinski definition) is 3. The van der Waals surface area contributed by atoms with Gasteiger partial charge in [-0.05, 0) is 29.3 Å². The van der Waals surface area contributed by atoms with Crippen LogP contribution in [0.5, 0.6) is 0 Å². The van der Waals surface area contributed by atoms with Crippen molar-refractivity contribution in [3.05, 3.63) is 63.6 Å². The summed E-state index contributed by atoms with van der Waals surface area (Å²) < 4.78 is 0. The molecule has 0 saturated carbocycles. The van der Waals surface area contributed by atoms with Gasteiger partial charge in [0.1, 0.15) is 0 Å². The van der Waals surface area contributed by atoms with Crippen molar-refractivity contribution in [3.63, 3.8) is 0 Å². The summed E-state index contributed by atoms with van der Waals surface area (Å²) in [6.07, 6.45) is 0.451. The summed E-state index contributed by atoms with van der Waals surface area (Å²) in [5.41, 5.74) is 2.95. The zero-order valence-electron chi connectivity index (χ0n) is 15.9. The van der Waals surface area contributed by atoms with Crippen LogP contribution in [0, 0.1) is 0 Å². The monoisotopic (exact) mass is 418 g/mol. The quantitative estimate of drug-likeness (QED) is 0.498. The Kier molecular flexibility index (Phi) is 6.81. The minimum Gasteiger partial charge on any atom is -0.356 e. The molecule has 0 aromatic heterocycles. The van der Waals surface area contributed by atoms with Crippen LogP contribution in [-0.4, -0.2) is 32.0 Å². The van der Waals surface area contributed by atoms with E-state index in [2.05, 4.69) is 33.9 Å². The number of nitrogens with zero attached hydrogens (tertiary/aromatic N) is 1. The van der Waals surface area contributed by atoms with Crippen LogP contribution in [0.3, 0.4) is 0 Å². The molecular formula is C21H24Cl2N4O. The molecular weight excluding hydrogens is 395 g/mol. The number of hydrogen-bond acceptors (Lipinski definition) is 2. The van der Waals surface area contributed by atoms with Crippen LogP contribution in [0.4, 0.5) is 5.69 Å². The Morgan fingerprint density at radius 1 is 1.18 bits per heavy atom. The lowest BCUT2D eigenvalue weighted by molar-refractivity contribution is -0.116. The van der Waals surface area contributed by atoms with Crippen LogP contribution in [-0.2, 0) is 4.79 Å². The molecule has 0 fully saturated rings. The molecule has 3 rings (SSSR count). The van der Waals surface area contributed by atoms with Gasteiger partial charge >= 0.3 is 0 Å². The van der Waals surface area contributed by atoms with Crippen LogP contribution >= 0.6 is 23.2 Å². The Bertz CT molecular complexity index is 864. The van der Waals surface area contributed by atoms with Gasteiger partial charge in [0.15, 0.2) is 5.96 Å². The van der Waals surface area contributed by atoms with Crippen LogP contribution in [0.15, 0.2) is 47.5 Å². The second kappa shape index (κ2) is 9.30. The van der Waals surface area contributed by atoms with Gasteiger partial charge in [0.2, 0.25) is 5.91 Å². The summed E-state index contributed by atoms with van der Waals surface area (Å²) in [7, 11) is 1.73. The molecule has 3 N–H and O–H groups in total. The molecule has 1 aliphatic heterocycles. The first kappa shape index (κ1) is 20.5. The molecule has 28 heavy (non-hydrogen) atoms. The number of guanidine groups is 1. The number of rotatable bonds is 5. The largest absolute Gasteiger partial charge is 0.356 e. The Morgan fingerprint density at radius 3 is 2.61 bits per heavy atom. The van der Waals surface area contributed by atoms with Crippen molar-refractivity contribution >= 4 is 40.8 Å². The Balaban J connectivity index is 1.59. The third-order valence-electron chi connectivity index (χ3n) is 4.91. The summed E-state index contributed by atoms with van der Waals surface area (Å²) in [6, 6.07) is 13.4. The van der Waals surface area contributed by atoms with Crippen LogP contribution in [0.1, 0.15) is 36.3 Å². The third-order valence-corrected chi connectivity index (χ3v) is 5.57. The van der Waals surface area contributed by atoms with Gasteiger partial charge in [0.25, 0.3) is 0 Å². The molecule has 0 aliphatic carbocycles. The average molecular weight is 419 g/mol. The highest BCUT2D eigenvalue weighted by molar-refractivity contribution is 6.36. The number of anilines is 1. The lowest BCUT2D eigenvalue weighted by atomic mass is 9.90. The highest BCUT2D eigenvalue weighted by Crippen LogP contribution is 2.32. The van der Waals surface area contributed by atoms with E-state index in [9.17, 15) is 4.79 Å². The fraction of sp³-hybridized carbons (Fsp3) is 0.333. The van der Waals surface area contributed by atoms with E-state index in [4.69, 9.17) is 23.2 Å². The smallest absolute Gasteiger partial charge is 0.225 e. The fourth-order valence-corrected chi connectivity index (χ4v) is 4.23. The summed E-state index contributed by atoms with van der Waals surface area (Å²) in [4.78, 5) is 16.3. The first-order valence-corrected chi connectivity index (χ1v) is 10.0. The number of fused-ring (bicyclic) bond motifs is 1. The van der Waals surface area contributed by atoms with Crippen LogP contribution in [0.25, 0.3) is 0 Å². The lowest BCUT2D eigenvalue weighted by Crippen LogP contribution is -2.42. The predicted octanol–water partition coefficient (Wildman–Crippen LogP) is 4.39. The first-order valence-electron chi connectivity index (χ1n) is 9.26. The van der Waals surface area contributed by atoms with Gasteiger partial charge in [0.05, 0.1) is 0 Å². The van der Waals surface area contributed by atoms with Crippen molar-refractivity contribution in [2.24, 2.45) is 4.99 Å². The second-order valence-electron chi connectivity index (χ2n) is 6.91. The zero-order chi connectivity index (χ0) is 20.1. The number of nitrogens with one attached hydrogen (secondary N) is 3. The lowest BCUT2D eigenvalue weighted by Gasteiger charge is -2.26. The van der Waals surface area contributed by atoms with E-state index in [1.807, 2.05) is 36.4 Å². The van der Waals surface area contributed by atoms with E-state index >= 15 is 0 Å². The maximum absolute atomic E-state index is 12.0. The molecule has 5 nitrogen and oxygen atoms in total. The standard InChI is InChI=1S/C21H24Cl2N4O/c1-13(20-16(22)7-5-8-17(20)23)11-25-21(24-2)26-12-14-10-19(28)27-18-9-4-3-6-15(14)18/h3-9,13-14H,10-12H2,1-2H3,(H,27,28)(H2,24,25,26). The Hall–Kier alpha value is -2.24. The topological polar surface area (TPSA) is 65.5 Å². The van der Waals surface area contributed by atoms with Gasteiger partial charge in [-0.25, -0.2) is 0 Å². The Labute approximate surface area is 175 Å². The highest BCUT2D eigenvalue weighted by atomic mass is 35.5. The number of halogens is 2. The highest BCUT2D eigenvalue weighted by Gasteiger charge is 2.24. The molecule has 2 atom stereocenters. The third kappa shape index (κ3) is 4.78. The molecule has 0 saturated heterocycles. The molecule has 2 aromatic carbocycles. The number of carbonyl (C=O) groups excluding carboxylic acids is 1. The average Bonchev–Trinajstić information content (AvgIpc) is 2.67. The van der Waals surface area contributed by atoms with Crippen LogP contribution in [0.2, 0.25) is 10.0 Å². The van der Waals surface area contributed by atoms with Crippen molar-refractivity contribution in [1.82, 2.24) is 10.6 Å². The van der Waals surface area contributed by atoms with E-state index in [0.29, 0.717) is 35.5 Å². The minimum absolute atomic E-state index is 0.0374. The van der Waals surface area contributed by atoms with Gasteiger partial charge in [0, 0.05) is 54.1 Å². The minimum atomic E-state index is 0.0374. The normalized spacial score (nSPS) is 17.5. The van der Waals surface area contributed by atoms with Gasteiger partial charge in [-0.3, -0.25) is 9.79 Å². The van der Waals surface area contributed by atoms with Crippen LogP contribution < -0.4 is 16.0 Å². The molecule has 0 radical (unpaired) electrons. The molecule has 0 spiro atoms. The second-order valence-corrected chi connectivity index (χ2v) is 7.72. The zero-order valence-corrected chi connectivity index (χ0v) is 17.4. The van der Waals surface area contributed by atoms with E-state index in [0.717, 1.165) is 16.8 Å². The molecule has 1 aliphatic rings. The summed E-state index contributed by atoms with van der Waals surface area (Å²) in [5, 5.41) is 10.9. The van der Waals surface area contributed by atoms with Gasteiger partial charge in [-0.15, -0.1) is 0 Å². The van der Waals surface area contributed by atoms with Crippen molar-refractivity contribution in [2.75, 3.05) is 25.5 Å². The van der Waals surface area contributed by atoms with Crippen molar-refractivity contribution in [1.29, 1.82) is 0 Å². The Morgan fingerprint density at radius 2 is 1.89 bits per heavy atom. The number of para-hydroxylation sites is 1. The molecule has 2 unspecified atom stereocenters. The van der Waals surface area contributed by atoms with Gasteiger partial charge in [-0.1, -0.05) is 54.4 Å². The fourth-order valence-electron chi connectivity index (χ4n) is 3.46. The van der Waals surface area contributed by atoms with E-state index < -0.39 is 0 Å². The summed E-state index contributed by atoms with van der Waals surface area (Å²) >= 11 is 12.6. The van der Waals surface area contributed by atoms with Gasteiger partial charge in [-0.2, -0.15) is 0 Å². The number of benzene rings is 2. The van der Waals surface area contributed by atoms with E-state index in [1.165, 1.54) is 0 Å². The van der Waals surface area contributed by atoms with E-state index in [1.54, 1.807) is 7.05 Å². The number of amides is 1. The molecule has 7 heteroatoms. The first-order chi connectivity index (χ1) is 13.5. The molecule has 1 heterocycles. The number of carbonyl (C=O) groups is 1. The molecule has 2 aromatic rings. The molecule has 0 bridgehead atoms. The number of aliphatic imine (C=N–C) groups is 1. The van der Waals surface area contributed by atoms with Crippen molar-refractivity contribution in [2.45, 2.75) is 25.2 Å². The molecule has 1 amide bonds. The molecule has 148 valence electrons. The summed E-state index contributed by atoms with van der Waals surface area (Å²) in [6.45, 7) is 3.31. The van der Waals surface area contributed by atoms with E-state index in [-0.39, 0.29) is 17.7 Å². The van der Waals surface area contributed by atoms with Gasteiger partial charge < -0.3 is 16.0 Å². The maximum atomic E-state index is 12.0.